The highest BCUT2D eigenvalue weighted by Crippen LogP contribution is 2.40. The van der Waals surface area contributed by atoms with Crippen molar-refractivity contribution in [2.45, 2.75) is 30.7 Å². The zero-order chi connectivity index (χ0) is 13.1. The van der Waals surface area contributed by atoms with Crippen molar-refractivity contribution >= 4 is 11.8 Å². The summed E-state index contributed by atoms with van der Waals surface area (Å²) in [6.45, 7) is 0.836. The van der Waals surface area contributed by atoms with E-state index in [0.717, 1.165) is 23.8 Å². The molecule has 2 nitrogen and oxygen atoms in total. The Kier molecular flexibility index (Phi) is 3.95. The van der Waals surface area contributed by atoms with E-state index in [1.165, 1.54) is 12.0 Å². The first-order chi connectivity index (χ1) is 9.36. The van der Waals surface area contributed by atoms with Crippen LogP contribution >= 0.6 is 11.8 Å². The predicted octanol–water partition coefficient (Wildman–Crippen LogP) is 3.79. The molecular weight excluding hydrogens is 254 g/mol. The molecule has 1 saturated carbocycles. The lowest BCUT2D eigenvalue weighted by Crippen LogP contribution is -2.16. The smallest absolute Gasteiger partial charge is 0.118 e. The van der Waals surface area contributed by atoms with E-state index in [-0.39, 0.29) is 0 Å². The summed E-state index contributed by atoms with van der Waals surface area (Å²) >= 11 is 1.79. The van der Waals surface area contributed by atoms with Crippen LogP contribution in [0.3, 0.4) is 0 Å². The van der Waals surface area contributed by atoms with Crippen molar-refractivity contribution in [2.75, 3.05) is 6.26 Å². The van der Waals surface area contributed by atoms with Crippen LogP contribution in [0.4, 0.5) is 0 Å². The topological polar surface area (TPSA) is 25.2 Å². The third-order valence-electron chi connectivity index (χ3n) is 3.56. The molecule has 0 radical (unpaired) electrons. The Labute approximate surface area is 118 Å². The van der Waals surface area contributed by atoms with E-state index in [2.05, 4.69) is 54.0 Å². The van der Waals surface area contributed by atoms with E-state index in [4.69, 9.17) is 4.42 Å². The highest BCUT2D eigenvalue weighted by molar-refractivity contribution is 7.97. The van der Waals surface area contributed by atoms with Crippen LogP contribution in [0.25, 0.3) is 0 Å². The van der Waals surface area contributed by atoms with Gasteiger partial charge in [-0.05, 0) is 30.4 Å². The maximum atomic E-state index is 5.76. The average Bonchev–Trinajstić information content (AvgIpc) is 3.10. The fourth-order valence-electron chi connectivity index (χ4n) is 2.46. The van der Waals surface area contributed by atoms with E-state index in [1.807, 2.05) is 0 Å². The fourth-order valence-corrected chi connectivity index (χ4v) is 2.90. The van der Waals surface area contributed by atoms with E-state index in [0.29, 0.717) is 12.0 Å². The van der Waals surface area contributed by atoms with E-state index in [9.17, 15) is 0 Å². The average molecular weight is 273 g/mol. The molecule has 1 fully saturated rings. The molecule has 0 amide bonds. The van der Waals surface area contributed by atoms with Crippen LogP contribution < -0.4 is 5.32 Å². The van der Waals surface area contributed by atoms with Gasteiger partial charge in [-0.1, -0.05) is 30.3 Å². The van der Waals surface area contributed by atoms with E-state index < -0.39 is 0 Å². The summed E-state index contributed by atoms with van der Waals surface area (Å²) in [4.78, 5) is 0. The zero-order valence-electron chi connectivity index (χ0n) is 11.1. The standard InChI is InChI=1S/C16H19NOS/c1-19-11-14-8-7-13(18-14)10-17-16-9-15(16)12-5-3-2-4-6-12/h2-8,15-17H,9-11H2,1H3. The highest BCUT2D eigenvalue weighted by Gasteiger charge is 2.37. The largest absolute Gasteiger partial charge is 0.464 e. The van der Waals surface area contributed by atoms with Gasteiger partial charge >= 0.3 is 0 Å². The minimum atomic E-state index is 0.608. The van der Waals surface area contributed by atoms with Gasteiger partial charge < -0.3 is 9.73 Å². The second-order valence-corrected chi connectivity index (χ2v) is 5.91. The molecule has 3 rings (SSSR count). The molecule has 1 aromatic heterocycles. The molecule has 3 heteroatoms. The van der Waals surface area contributed by atoms with Crippen LogP contribution in [0.2, 0.25) is 0 Å². The van der Waals surface area contributed by atoms with Crippen LogP contribution in [0.5, 0.6) is 0 Å². The Hall–Kier alpha value is -1.19. The van der Waals surface area contributed by atoms with E-state index >= 15 is 0 Å². The third-order valence-corrected chi connectivity index (χ3v) is 4.13. The second kappa shape index (κ2) is 5.85. The molecule has 1 aromatic carbocycles. The van der Waals surface area contributed by atoms with Crippen molar-refractivity contribution in [3.05, 3.63) is 59.5 Å². The van der Waals surface area contributed by atoms with Crippen LogP contribution in [-0.2, 0) is 12.3 Å². The zero-order valence-corrected chi connectivity index (χ0v) is 12.0. The van der Waals surface area contributed by atoms with E-state index in [1.54, 1.807) is 11.8 Å². The van der Waals surface area contributed by atoms with Gasteiger partial charge in [0.15, 0.2) is 0 Å². The summed E-state index contributed by atoms with van der Waals surface area (Å²) < 4.78 is 5.76. The molecule has 0 spiro atoms. The molecule has 0 saturated heterocycles. The number of rotatable bonds is 6. The number of thioether (sulfide) groups is 1. The molecule has 1 N–H and O–H groups in total. The van der Waals surface area contributed by atoms with Crippen LogP contribution in [0, 0.1) is 0 Å². The van der Waals surface area contributed by atoms with Crippen molar-refractivity contribution < 1.29 is 4.42 Å². The Balaban J connectivity index is 1.49. The van der Waals surface area contributed by atoms with Crippen LogP contribution in [-0.4, -0.2) is 12.3 Å². The molecule has 0 bridgehead atoms. The summed E-state index contributed by atoms with van der Waals surface area (Å²) in [6.07, 6.45) is 3.33. The lowest BCUT2D eigenvalue weighted by molar-refractivity contribution is 0.457. The Bertz CT molecular complexity index is 523. The number of hydrogen-bond donors (Lipinski definition) is 1. The monoisotopic (exact) mass is 273 g/mol. The number of nitrogens with one attached hydrogen (secondary N) is 1. The van der Waals surface area contributed by atoms with Gasteiger partial charge in [-0.2, -0.15) is 11.8 Å². The molecule has 1 aliphatic rings. The third kappa shape index (κ3) is 3.23. The van der Waals surface area contributed by atoms with Crippen molar-refractivity contribution in [2.24, 2.45) is 0 Å². The summed E-state index contributed by atoms with van der Waals surface area (Å²) in [5, 5.41) is 3.58. The van der Waals surface area contributed by atoms with Crippen LogP contribution in [0.1, 0.15) is 29.4 Å². The predicted molar refractivity (Wildman–Crippen MR) is 80.4 cm³/mol. The number of hydrogen-bond acceptors (Lipinski definition) is 3. The second-order valence-electron chi connectivity index (χ2n) is 5.04. The Morgan fingerprint density at radius 1 is 1.16 bits per heavy atom. The summed E-state index contributed by atoms with van der Waals surface area (Å²) in [5.74, 6) is 3.75. The molecule has 2 atom stereocenters. The molecule has 1 heterocycles. The fraction of sp³-hybridized carbons (Fsp3) is 0.375. The van der Waals surface area contributed by atoms with Gasteiger partial charge in [0.2, 0.25) is 0 Å². The van der Waals surface area contributed by atoms with Gasteiger partial charge in [-0.3, -0.25) is 0 Å². The molecule has 2 unspecified atom stereocenters. The summed E-state index contributed by atoms with van der Waals surface area (Å²) in [5.41, 5.74) is 1.45. The van der Waals surface area contributed by atoms with Gasteiger partial charge in [0, 0.05) is 12.0 Å². The summed E-state index contributed by atoms with van der Waals surface area (Å²) in [7, 11) is 0. The Morgan fingerprint density at radius 2 is 1.95 bits per heavy atom. The molecule has 1 aliphatic carbocycles. The minimum Gasteiger partial charge on any atom is -0.464 e. The van der Waals surface area contributed by atoms with Gasteiger partial charge in [-0.25, -0.2) is 0 Å². The van der Waals surface area contributed by atoms with Gasteiger partial charge in [-0.15, -0.1) is 0 Å². The van der Waals surface area contributed by atoms with Gasteiger partial charge in [0.1, 0.15) is 11.5 Å². The van der Waals surface area contributed by atoms with Crippen molar-refractivity contribution in [1.82, 2.24) is 5.32 Å². The SMILES string of the molecule is CSCc1ccc(CNC2CC2c2ccccc2)o1. The first-order valence-electron chi connectivity index (χ1n) is 6.71. The highest BCUT2D eigenvalue weighted by atomic mass is 32.2. The molecular formula is C16H19NOS. The molecule has 100 valence electrons. The normalized spacial score (nSPS) is 21.5. The van der Waals surface area contributed by atoms with Crippen LogP contribution in [0.15, 0.2) is 46.9 Å². The van der Waals surface area contributed by atoms with Crippen molar-refractivity contribution in [3.8, 4) is 0 Å². The first kappa shape index (κ1) is 12.8. The quantitative estimate of drug-likeness (QED) is 0.867. The Morgan fingerprint density at radius 3 is 2.74 bits per heavy atom. The maximum Gasteiger partial charge on any atom is 0.118 e. The minimum absolute atomic E-state index is 0.608. The lowest BCUT2D eigenvalue weighted by atomic mass is 10.1. The lowest BCUT2D eigenvalue weighted by Gasteiger charge is -2.02. The first-order valence-corrected chi connectivity index (χ1v) is 8.11. The maximum absolute atomic E-state index is 5.76. The van der Waals surface area contributed by atoms with Crippen molar-refractivity contribution in [1.29, 1.82) is 0 Å². The van der Waals surface area contributed by atoms with Crippen molar-refractivity contribution in [3.63, 3.8) is 0 Å². The number of furan rings is 1. The van der Waals surface area contributed by atoms with Gasteiger partial charge in [0.25, 0.3) is 0 Å². The molecule has 19 heavy (non-hydrogen) atoms. The number of benzene rings is 1. The summed E-state index contributed by atoms with van der Waals surface area (Å²) in [6, 6.07) is 15.5. The molecule has 2 aromatic rings. The molecule has 0 aliphatic heterocycles. The van der Waals surface area contributed by atoms with Gasteiger partial charge in [0.05, 0.1) is 12.3 Å².